The van der Waals surface area contributed by atoms with Crippen LogP contribution in [-0.4, -0.2) is 28.8 Å². The topological polar surface area (TPSA) is 56.3 Å². The molecule has 1 N–H and O–H groups in total. The molecular weight excluding hydrogens is 194 g/mol. The average Bonchev–Trinajstić information content (AvgIpc) is 2.30. The van der Waals surface area contributed by atoms with E-state index >= 15 is 0 Å². The van der Waals surface area contributed by atoms with Gasteiger partial charge in [0.05, 0.1) is 6.61 Å². The van der Waals surface area contributed by atoms with Crippen molar-refractivity contribution in [3.63, 3.8) is 0 Å². The van der Waals surface area contributed by atoms with Crippen molar-refractivity contribution in [1.82, 2.24) is 15.3 Å². The van der Waals surface area contributed by atoms with E-state index in [0.29, 0.717) is 18.6 Å². The van der Waals surface area contributed by atoms with Crippen LogP contribution in [0.25, 0.3) is 0 Å². The third-order valence-electron chi connectivity index (χ3n) is 2.97. The Balaban J connectivity index is 1.78. The molecule has 2 bridgehead atoms. The summed E-state index contributed by atoms with van der Waals surface area (Å²) in [5.41, 5.74) is 1.10. The van der Waals surface area contributed by atoms with Gasteiger partial charge in [-0.3, -0.25) is 5.32 Å². The predicted molar refractivity (Wildman–Crippen MR) is 51.8 cm³/mol. The summed E-state index contributed by atoms with van der Waals surface area (Å²) in [6, 6.07) is 2.37. The van der Waals surface area contributed by atoms with Crippen LogP contribution in [0.4, 0.5) is 0 Å². The van der Waals surface area contributed by atoms with Crippen LogP contribution in [0, 0.1) is 0 Å². The number of aromatic nitrogens is 2. The van der Waals surface area contributed by atoms with Crippen LogP contribution in [0.5, 0.6) is 0 Å². The standard InChI is InChI=1S/C10H13N3O2/c1-2-11-6-12-9(1)7-3-8-5-14-15-10(4-7)13-8/h1-2,6-8,10,13H,3-5H2. The van der Waals surface area contributed by atoms with Crippen molar-refractivity contribution in [1.29, 1.82) is 0 Å². The summed E-state index contributed by atoms with van der Waals surface area (Å²) in [4.78, 5) is 18.4. The number of nitrogens with zero attached hydrogens (tertiary/aromatic N) is 2. The number of hydrogen-bond acceptors (Lipinski definition) is 5. The van der Waals surface area contributed by atoms with E-state index in [2.05, 4.69) is 15.3 Å². The van der Waals surface area contributed by atoms with Gasteiger partial charge in [0, 0.05) is 23.9 Å². The summed E-state index contributed by atoms with van der Waals surface area (Å²) in [5.74, 6) is 0.452. The van der Waals surface area contributed by atoms with Crippen molar-refractivity contribution < 1.29 is 9.78 Å². The molecule has 5 nitrogen and oxygen atoms in total. The van der Waals surface area contributed by atoms with Crippen LogP contribution >= 0.6 is 0 Å². The maximum atomic E-state index is 5.15. The lowest BCUT2D eigenvalue weighted by Crippen LogP contribution is -2.52. The molecule has 2 aliphatic heterocycles. The molecule has 0 aliphatic carbocycles. The maximum absolute atomic E-state index is 5.15. The van der Waals surface area contributed by atoms with Gasteiger partial charge < -0.3 is 0 Å². The van der Waals surface area contributed by atoms with Gasteiger partial charge in [-0.05, 0) is 18.9 Å². The van der Waals surface area contributed by atoms with E-state index in [4.69, 9.17) is 9.78 Å². The van der Waals surface area contributed by atoms with Crippen molar-refractivity contribution in [2.45, 2.75) is 31.0 Å². The number of piperidine rings is 1. The monoisotopic (exact) mass is 207 g/mol. The molecule has 3 rings (SSSR count). The lowest BCUT2D eigenvalue weighted by atomic mass is 9.88. The smallest absolute Gasteiger partial charge is 0.144 e. The Labute approximate surface area is 87.8 Å². The highest BCUT2D eigenvalue weighted by molar-refractivity contribution is 5.08. The molecule has 2 saturated heterocycles. The zero-order chi connectivity index (χ0) is 10.1. The van der Waals surface area contributed by atoms with Crippen LogP contribution in [0.15, 0.2) is 18.6 Å². The molecule has 0 amide bonds. The largest absolute Gasteiger partial charge is 0.284 e. The van der Waals surface area contributed by atoms with Crippen LogP contribution in [-0.2, 0) is 9.78 Å². The normalized spacial score (nSPS) is 35.1. The molecular formula is C10H13N3O2. The summed E-state index contributed by atoms with van der Waals surface area (Å²) in [5, 5.41) is 3.36. The van der Waals surface area contributed by atoms with Gasteiger partial charge in [0.2, 0.25) is 0 Å². The number of hydrogen-bond donors (Lipinski definition) is 1. The summed E-state index contributed by atoms with van der Waals surface area (Å²) < 4.78 is 0. The molecule has 5 heteroatoms. The zero-order valence-corrected chi connectivity index (χ0v) is 8.30. The van der Waals surface area contributed by atoms with Crippen LogP contribution in [0.3, 0.4) is 0 Å². The van der Waals surface area contributed by atoms with E-state index in [1.54, 1.807) is 12.5 Å². The highest BCUT2D eigenvalue weighted by Gasteiger charge is 2.34. The summed E-state index contributed by atoms with van der Waals surface area (Å²) in [7, 11) is 0. The number of nitrogens with one attached hydrogen (secondary N) is 1. The summed E-state index contributed by atoms with van der Waals surface area (Å²) in [6.45, 7) is 0.623. The second kappa shape index (κ2) is 3.84. The minimum Gasteiger partial charge on any atom is -0.284 e. The van der Waals surface area contributed by atoms with Crippen molar-refractivity contribution in [2.75, 3.05) is 6.61 Å². The second-order valence-electron chi connectivity index (χ2n) is 4.04. The molecule has 3 unspecified atom stereocenters. The molecule has 3 atom stereocenters. The van der Waals surface area contributed by atoms with E-state index in [0.717, 1.165) is 18.5 Å². The fourth-order valence-corrected chi connectivity index (χ4v) is 2.27. The molecule has 0 radical (unpaired) electrons. The van der Waals surface area contributed by atoms with Crippen LogP contribution < -0.4 is 5.32 Å². The molecule has 0 saturated carbocycles. The predicted octanol–water partition coefficient (Wildman–Crippen LogP) is 0.600. The third kappa shape index (κ3) is 1.86. The van der Waals surface area contributed by atoms with E-state index in [9.17, 15) is 0 Å². The molecule has 1 aromatic heterocycles. The van der Waals surface area contributed by atoms with Crippen molar-refractivity contribution in [3.05, 3.63) is 24.3 Å². The van der Waals surface area contributed by atoms with Gasteiger partial charge in [0.25, 0.3) is 0 Å². The molecule has 1 aromatic rings. The Morgan fingerprint density at radius 3 is 3.20 bits per heavy atom. The Bertz CT molecular complexity index is 321. The summed E-state index contributed by atoms with van der Waals surface area (Å²) in [6.07, 6.45) is 5.37. The van der Waals surface area contributed by atoms with Gasteiger partial charge >= 0.3 is 0 Å². The highest BCUT2D eigenvalue weighted by Crippen LogP contribution is 2.31. The van der Waals surface area contributed by atoms with Crippen molar-refractivity contribution in [3.8, 4) is 0 Å². The molecule has 3 heterocycles. The fraction of sp³-hybridized carbons (Fsp3) is 0.600. The second-order valence-corrected chi connectivity index (χ2v) is 4.04. The molecule has 0 spiro atoms. The minimum absolute atomic E-state index is 0.0115. The van der Waals surface area contributed by atoms with Gasteiger partial charge in [-0.25, -0.2) is 19.7 Å². The molecule has 80 valence electrons. The lowest BCUT2D eigenvalue weighted by Gasteiger charge is -2.38. The Kier molecular flexibility index (Phi) is 2.36. The Hall–Kier alpha value is -1.04. The SMILES string of the molecule is c1cc(C2CC3COOC(C2)N3)ncn1. The zero-order valence-electron chi connectivity index (χ0n) is 8.30. The van der Waals surface area contributed by atoms with Gasteiger partial charge in [-0.1, -0.05) is 0 Å². The molecule has 0 aromatic carbocycles. The Morgan fingerprint density at radius 1 is 1.40 bits per heavy atom. The molecule has 2 fully saturated rings. The first-order valence-electron chi connectivity index (χ1n) is 5.22. The van der Waals surface area contributed by atoms with Crippen LogP contribution in [0.2, 0.25) is 0 Å². The van der Waals surface area contributed by atoms with E-state index in [1.165, 1.54) is 0 Å². The molecule has 2 aliphatic rings. The highest BCUT2D eigenvalue weighted by atomic mass is 17.2. The number of rotatable bonds is 1. The van der Waals surface area contributed by atoms with Gasteiger partial charge in [0.1, 0.15) is 12.6 Å². The first-order valence-corrected chi connectivity index (χ1v) is 5.22. The molecule has 15 heavy (non-hydrogen) atoms. The van der Waals surface area contributed by atoms with Gasteiger partial charge in [-0.2, -0.15) is 0 Å². The minimum atomic E-state index is 0.0115. The fourth-order valence-electron chi connectivity index (χ4n) is 2.27. The van der Waals surface area contributed by atoms with Gasteiger partial charge in [0.15, 0.2) is 0 Å². The van der Waals surface area contributed by atoms with Crippen molar-refractivity contribution in [2.24, 2.45) is 0 Å². The van der Waals surface area contributed by atoms with Gasteiger partial charge in [-0.15, -0.1) is 0 Å². The number of fused-ring (bicyclic) bond motifs is 2. The Morgan fingerprint density at radius 2 is 2.40 bits per heavy atom. The quantitative estimate of drug-likeness (QED) is 0.683. The van der Waals surface area contributed by atoms with E-state index < -0.39 is 0 Å². The van der Waals surface area contributed by atoms with E-state index in [1.807, 2.05) is 6.07 Å². The third-order valence-corrected chi connectivity index (χ3v) is 2.97. The first-order chi connectivity index (χ1) is 7.42. The first kappa shape index (κ1) is 9.21. The maximum Gasteiger partial charge on any atom is 0.144 e. The summed E-state index contributed by atoms with van der Waals surface area (Å²) >= 11 is 0. The van der Waals surface area contributed by atoms with Crippen molar-refractivity contribution >= 4 is 0 Å². The lowest BCUT2D eigenvalue weighted by molar-refractivity contribution is -0.365. The van der Waals surface area contributed by atoms with E-state index in [-0.39, 0.29) is 6.23 Å². The average molecular weight is 207 g/mol. The van der Waals surface area contributed by atoms with Crippen LogP contribution in [0.1, 0.15) is 24.5 Å².